The summed E-state index contributed by atoms with van der Waals surface area (Å²) < 4.78 is 31.8. The average molecular weight is 661 g/mol. The second-order valence-electron chi connectivity index (χ2n) is 12.4. The zero-order valence-corrected chi connectivity index (χ0v) is 30.2. The van der Waals surface area contributed by atoms with Crippen LogP contribution in [0.5, 0.6) is 0 Å². The lowest BCUT2D eigenvalue weighted by molar-refractivity contribution is -0.161. The Morgan fingerprint density at radius 2 is 1.00 bits per heavy atom. The van der Waals surface area contributed by atoms with Crippen molar-refractivity contribution in [3.63, 3.8) is 0 Å². The Labute approximate surface area is 276 Å². The standard InChI is InChI=1S/C36H69O8P/c1-4-6-8-10-12-14-16-17-18-19-21-23-25-27-29-31-36(38)44-34(33-43-45(39,40)41-3)32-42-35(37)30-28-26-24-22-20-15-13-11-9-7-5-2/h17-18,34H,4-16,19-33H2,1-3H3,(H,39,40)/b18-17-. The Bertz CT molecular complexity index is 757. The minimum absolute atomic E-state index is 0.224. The van der Waals surface area contributed by atoms with Crippen LogP contribution in [-0.4, -0.2) is 43.3 Å². The van der Waals surface area contributed by atoms with Gasteiger partial charge < -0.3 is 14.4 Å². The van der Waals surface area contributed by atoms with Gasteiger partial charge in [0.05, 0.1) is 6.61 Å². The number of hydrogen-bond acceptors (Lipinski definition) is 7. The van der Waals surface area contributed by atoms with Crippen molar-refractivity contribution < 1.29 is 37.6 Å². The molecule has 8 nitrogen and oxygen atoms in total. The molecule has 1 N–H and O–H groups in total. The number of ether oxygens (including phenoxy) is 2. The molecule has 0 heterocycles. The van der Waals surface area contributed by atoms with Crippen molar-refractivity contribution in [1.82, 2.24) is 0 Å². The predicted molar refractivity (Wildman–Crippen MR) is 184 cm³/mol. The minimum atomic E-state index is -4.25. The van der Waals surface area contributed by atoms with Gasteiger partial charge in [-0.2, -0.15) is 0 Å². The molecule has 266 valence electrons. The molecule has 0 aromatic carbocycles. The number of unbranched alkanes of at least 4 members (excludes halogenated alkanes) is 21. The number of rotatable bonds is 34. The molecule has 45 heavy (non-hydrogen) atoms. The van der Waals surface area contributed by atoms with Crippen LogP contribution in [-0.2, 0) is 32.7 Å². The monoisotopic (exact) mass is 660 g/mol. The molecule has 0 amide bonds. The highest BCUT2D eigenvalue weighted by molar-refractivity contribution is 7.47. The van der Waals surface area contributed by atoms with Gasteiger partial charge in [-0.1, -0.05) is 142 Å². The molecule has 0 aromatic rings. The van der Waals surface area contributed by atoms with Gasteiger partial charge in [0.15, 0.2) is 6.10 Å². The first-order chi connectivity index (χ1) is 21.8. The summed E-state index contributed by atoms with van der Waals surface area (Å²) in [5.41, 5.74) is 0. The highest BCUT2D eigenvalue weighted by Crippen LogP contribution is 2.42. The molecular weight excluding hydrogens is 591 g/mol. The molecule has 0 aliphatic heterocycles. The first-order valence-corrected chi connectivity index (χ1v) is 19.9. The van der Waals surface area contributed by atoms with Crippen LogP contribution in [0, 0.1) is 0 Å². The number of phosphoric acid groups is 1. The zero-order valence-electron chi connectivity index (χ0n) is 29.3. The number of hydrogen-bond donors (Lipinski definition) is 1. The summed E-state index contributed by atoms with van der Waals surface area (Å²) in [5.74, 6) is -0.809. The van der Waals surface area contributed by atoms with E-state index in [0.29, 0.717) is 12.8 Å². The Hall–Kier alpha value is -1.21. The van der Waals surface area contributed by atoms with Gasteiger partial charge >= 0.3 is 19.8 Å². The normalized spacial score (nSPS) is 13.6. The van der Waals surface area contributed by atoms with Gasteiger partial charge in [0.25, 0.3) is 0 Å². The van der Waals surface area contributed by atoms with Crippen molar-refractivity contribution in [2.75, 3.05) is 20.3 Å². The smallest absolute Gasteiger partial charge is 0.462 e. The summed E-state index contributed by atoms with van der Waals surface area (Å²) in [7, 11) is -3.19. The fraction of sp³-hybridized carbons (Fsp3) is 0.889. The van der Waals surface area contributed by atoms with E-state index >= 15 is 0 Å². The van der Waals surface area contributed by atoms with Crippen molar-refractivity contribution in [3.8, 4) is 0 Å². The number of phosphoric ester groups is 1. The molecule has 9 heteroatoms. The third-order valence-electron chi connectivity index (χ3n) is 8.01. The van der Waals surface area contributed by atoms with Gasteiger partial charge in [0.2, 0.25) is 0 Å². The second kappa shape index (κ2) is 32.7. The van der Waals surface area contributed by atoms with E-state index in [1.54, 1.807) is 0 Å². The van der Waals surface area contributed by atoms with Gasteiger partial charge in [0.1, 0.15) is 6.61 Å². The van der Waals surface area contributed by atoms with Crippen LogP contribution < -0.4 is 0 Å². The molecule has 0 aliphatic rings. The quantitative estimate of drug-likeness (QED) is 0.0314. The molecular formula is C36H69O8P. The van der Waals surface area contributed by atoms with Gasteiger partial charge in [-0.3, -0.25) is 18.6 Å². The van der Waals surface area contributed by atoms with E-state index in [1.165, 1.54) is 96.3 Å². The molecule has 2 unspecified atom stereocenters. The molecule has 0 bridgehead atoms. The van der Waals surface area contributed by atoms with Gasteiger partial charge in [-0.15, -0.1) is 0 Å². The van der Waals surface area contributed by atoms with E-state index in [0.717, 1.165) is 58.5 Å². The van der Waals surface area contributed by atoms with Crippen molar-refractivity contribution in [2.24, 2.45) is 0 Å². The lowest BCUT2D eigenvalue weighted by Crippen LogP contribution is -2.29. The van der Waals surface area contributed by atoms with Gasteiger partial charge in [-0.25, -0.2) is 4.57 Å². The summed E-state index contributed by atoms with van der Waals surface area (Å²) in [5, 5.41) is 0. The van der Waals surface area contributed by atoms with E-state index in [1.807, 2.05) is 0 Å². The SMILES string of the molecule is CCCCCCCC/C=C\CCCCCCCC(=O)OC(COC(=O)CCCCCCCCCCCCC)COP(=O)(O)OC. The Morgan fingerprint density at radius 3 is 1.44 bits per heavy atom. The highest BCUT2D eigenvalue weighted by Gasteiger charge is 2.24. The molecule has 0 fully saturated rings. The van der Waals surface area contributed by atoms with Crippen LogP contribution in [0.25, 0.3) is 0 Å². The summed E-state index contributed by atoms with van der Waals surface area (Å²) in [6.45, 7) is 3.86. The molecule has 0 rings (SSSR count). The van der Waals surface area contributed by atoms with Gasteiger partial charge in [0, 0.05) is 20.0 Å². The van der Waals surface area contributed by atoms with Crippen molar-refractivity contribution in [2.45, 2.75) is 187 Å². The largest absolute Gasteiger partial charge is 0.472 e. The van der Waals surface area contributed by atoms with Crippen LogP contribution in [0.4, 0.5) is 0 Å². The third-order valence-corrected chi connectivity index (χ3v) is 8.95. The third kappa shape index (κ3) is 32.5. The first-order valence-electron chi connectivity index (χ1n) is 18.4. The van der Waals surface area contributed by atoms with E-state index in [4.69, 9.17) is 14.0 Å². The fourth-order valence-electron chi connectivity index (χ4n) is 5.12. The van der Waals surface area contributed by atoms with Crippen LogP contribution in [0.15, 0.2) is 12.2 Å². The lowest BCUT2D eigenvalue weighted by Gasteiger charge is -2.19. The van der Waals surface area contributed by atoms with Crippen LogP contribution in [0.2, 0.25) is 0 Å². The highest BCUT2D eigenvalue weighted by atomic mass is 31.2. The Balaban J connectivity index is 4.07. The summed E-state index contributed by atoms with van der Waals surface area (Å²) >= 11 is 0. The van der Waals surface area contributed by atoms with Crippen molar-refractivity contribution in [3.05, 3.63) is 12.2 Å². The number of allylic oxidation sites excluding steroid dienone is 2. The minimum Gasteiger partial charge on any atom is -0.462 e. The van der Waals surface area contributed by atoms with Crippen LogP contribution in [0.3, 0.4) is 0 Å². The van der Waals surface area contributed by atoms with Crippen molar-refractivity contribution >= 4 is 19.8 Å². The molecule has 0 saturated carbocycles. The van der Waals surface area contributed by atoms with Gasteiger partial charge in [-0.05, 0) is 38.5 Å². The van der Waals surface area contributed by atoms with Crippen LogP contribution >= 0.6 is 7.82 Å². The lowest BCUT2D eigenvalue weighted by atomic mass is 10.1. The van der Waals surface area contributed by atoms with E-state index < -0.39 is 26.5 Å². The first kappa shape index (κ1) is 43.8. The fourth-order valence-corrected chi connectivity index (χ4v) is 5.58. The number of esters is 2. The molecule has 2 atom stereocenters. The summed E-state index contributed by atoms with van der Waals surface area (Å²) in [4.78, 5) is 34.2. The van der Waals surface area contributed by atoms with E-state index in [9.17, 15) is 19.0 Å². The second-order valence-corrected chi connectivity index (χ2v) is 13.9. The van der Waals surface area contributed by atoms with E-state index in [-0.39, 0.29) is 19.0 Å². The maximum Gasteiger partial charge on any atom is 0.472 e. The average Bonchev–Trinajstić information content (AvgIpc) is 3.03. The summed E-state index contributed by atoms with van der Waals surface area (Å²) in [6.07, 6.45) is 32.6. The predicted octanol–water partition coefficient (Wildman–Crippen LogP) is 10.9. The van der Waals surface area contributed by atoms with Crippen molar-refractivity contribution in [1.29, 1.82) is 0 Å². The van der Waals surface area contributed by atoms with Crippen LogP contribution in [0.1, 0.15) is 181 Å². The zero-order chi connectivity index (χ0) is 33.3. The number of carbonyl (C=O) groups is 2. The molecule has 0 spiro atoms. The Morgan fingerprint density at radius 1 is 0.600 bits per heavy atom. The Kier molecular flexibility index (Phi) is 31.8. The molecule has 0 radical (unpaired) electrons. The maximum absolute atomic E-state index is 12.4. The maximum atomic E-state index is 12.4. The molecule has 0 aromatic heterocycles. The molecule has 0 saturated heterocycles. The number of carbonyl (C=O) groups excluding carboxylic acids is 2. The summed E-state index contributed by atoms with van der Waals surface area (Å²) in [6, 6.07) is 0. The topological polar surface area (TPSA) is 108 Å². The molecule has 0 aliphatic carbocycles. The van der Waals surface area contributed by atoms with E-state index in [2.05, 4.69) is 30.5 Å².